The fraction of sp³-hybridized carbons (Fsp3) is 0.706. The molecule has 2 aliphatic heterocycles. The standard InChI is InChI=1S/C17H26N4O3/c1-24-12-15-18-9-14(10-19-15)11-20-6-4-17(13-20)3-2-5-21(7-8-22)16(17)23/h9-10,22H,2-8,11-13H2,1H3/t17-/m1/s1. The molecule has 24 heavy (non-hydrogen) atoms. The van der Waals surface area contributed by atoms with E-state index in [-0.39, 0.29) is 17.9 Å². The number of rotatable bonds is 6. The van der Waals surface area contributed by atoms with Gasteiger partial charge in [0.1, 0.15) is 6.61 Å². The molecule has 7 heteroatoms. The van der Waals surface area contributed by atoms with E-state index in [0.717, 1.165) is 51.0 Å². The number of hydrogen-bond acceptors (Lipinski definition) is 6. The average molecular weight is 334 g/mol. The first kappa shape index (κ1) is 17.3. The first-order chi connectivity index (χ1) is 11.7. The lowest BCUT2D eigenvalue weighted by atomic mass is 9.78. The van der Waals surface area contributed by atoms with Crippen molar-refractivity contribution in [3.8, 4) is 0 Å². The van der Waals surface area contributed by atoms with Crippen molar-refractivity contribution >= 4 is 5.91 Å². The van der Waals surface area contributed by atoms with Crippen LogP contribution in [0.1, 0.15) is 30.7 Å². The Balaban J connectivity index is 1.61. The van der Waals surface area contributed by atoms with E-state index in [2.05, 4.69) is 14.9 Å². The van der Waals surface area contributed by atoms with E-state index in [1.807, 2.05) is 17.3 Å². The van der Waals surface area contributed by atoms with Crippen LogP contribution < -0.4 is 0 Å². The normalized spacial score (nSPS) is 24.9. The minimum Gasteiger partial charge on any atom is -0.395 e. The molecule has 2 saturated heterocycles. The smallest absolute Gasteiger partial charge is 0.230 e. The van der Waals surface area contributed by atoms with Crippen molar-refractivity contribution in [2.45, 2.75) is 32.4 Å². The summed E-state index contributed by atoms with van der Waals surface area (Å²) in [6.07, 6.45) is 6.55. The van der Waals surface area contributed by atoms with Gasteiger partial charge >= 0.3 is 0 Å². The highest BCUT2D eigenvalue weighted by atomic mass is 16.5. The summed E-state index contributed by atoms with van der Waals surface area (Å²) in [4.78, 5) is 25.5. The molecule has 1 amide bonds. The van der Waals surface area contributed by atoms with Crippen molar-refractivity contribution < 1.29 is 14.6 Å². The van der Waals surface area contributed by atoms with E-state index in [0.29, 0.717) is 19.0 Å². The van der Waals surface area contributed by atoms with Gasteiger partial charge in [0.25, 0.3) is 0 Å². The molecule has 0 unspecified atom stereocenters. The molecular weight excluding hydrogens is 308 g/mol. The van der Waals surface area contributed by atoms with Crippen LogP contribution in [0.4, 0.5) is 0 Å². The summed E-state index contributed by atoms with van der Waals surface area (Å²) in [6, 6.07) is 0. The van der Waals surface area contributed by atoms with Gasteiger partial charge in [-0.2, -0.15) is 0 Å². The molecule has 0 bridgehead atoms. The van der Waals surface area contributed by atoms with Crippen LogP contribution in [-0.4, -0.2) is 70.7 Å². The molecular formula is C17H26N4O3. The van der Waals surface area contributed by atoms with Crippen LogP contribution in [0.5, 0.6) is 0 Å². The number of β-amino-alcohol motifs (C(OH)–C–C–N with tert-alkyl or cyclic N) is 1. The van der Waals surface area contributed by atoms with Gasteiger partial charge in [0.15, 0.2) is 5.82 Å². The number of aliphatic hydroxyl groups is 1. The van der Waals surface area contributed by atoms with E-state index >= 15 is 0 Å². The van der Waals surface area contributed by atoms with E-state index in [4.69, 9.17) is 9.84 Å². The molecule has 3 rings (SSSR count). The summed E-state index contributed by atoms with van der Waals surface area (Å²) >= 11 is 0. The van der Waals surface area contributed by atoms with Crippen molar-refractivity contribution in [2.24, 2.45) is 5.41 Å². The molecule has 3 heterocycles. The molecule has 0 saturated carbocycles. The third kappa shape index (κ3) is 3.58. The zero-order valence-electron chi connectivity index (χ0n) is 14.3. The molecule has 1 aromatic rings. The lowest BCUT2D eigenvalue weighted by Crippen LogP contribution is -2.50. The molecule has 2 fully saturated rings. The number of nitrogens with zero attached hydrogens (tertiary/aromatic N) is 4. The number of amides is 1. The van der Waals surface area contributed by atoms with Crippen LogP contribution in [0.25, 0.3) is 0 Å². The molecule has 0 aromatic carbocycles. The van der Waals surface area contributed by atoms with Crippen molar-refractivity contribution in [3.05, 3.63) is 23.8 Å². The molecule has 2 aliphatic rings. The van der Waals surface area contributed by atoms with Crippen LogP contribution in [0.3, 0.4) is 0 Å². The lowest BCUT2D eigenvalue weighted by Gasteiger charge is -2.39. The summed E-state index contributed by atoms with van der Waals surface area (Å²) in [5.74, 6) is 0.901. The Labute approximate surface area is 142 Å². The van der Waals surface area contributed by atoms with Crippen LogP contribution in [-0.2, 0) is 22.7 Å². The second kappa shape index (κ2) is 7.55. The van der Waals surface area contributed by atoms with Crippen molar-refractivity contribution in [1.29, 1.82) is 0 Å². The van der Waals surface area contributed by atoms with Gasteiger partial charge in [-0.05, 0) is 25.8 Å². The van der Waals surface area contributed by atoms with Gasteiger partial charge in [0.05, 0.1) is 12.0 Å². The SMILES string of the molecule is COCc1ncc(CN2CC[C@]3(CCCN(CCO)C3=O)C2)cn1. The monoisotopic (exact) mass is 334 g/mol. The number of likely N-dealkylation sites (tertiary alicyclic amines) is 2. The van der Waals surface area contributed by atoms with Gasteiger partial charge in [0.2, 0.25) is 5.91 Å². The van der Waals surface area contributed by atoms with Gasteiger partial charge in [0, 0.05) is 51.2 Å². The van der Waals surface area contributed by atoms with Crippen LogP contribution >= 0.6 is 0 Å². The highest BCUT2D eigenvalue weighted by Crippen LogP contribution is 2.40. The Hall–Kier alpha value is -1.57. The fourth-order valence-electron chi connectivity index (χ4n) is 3.88. The molecule has 1 N–H and O–H groups in total. The summed E-state index contributed by atoms with van der Waals surface area (Å²) in [5, 5.41) is 9.15. The largest absolute Gasteiger partial charge is 0.395 e. The van der Waals surface area contributed by atoms with E-state index in [9.17, 15) is 4.79 Å². The molecule has 1 atom stereocenters. The second-order valence-corrected chi connectivity index (χ2v) is 6.80. The number of methoxy groups -OCH3 is 1. The van der Waals surface area contributed by atoms with Crippen LogP contribution in [0.2, 0.25) is 0 Å². The summed E-state index contributed by atoms with van der Waals surface area (Å²) < 4.78 is 5.02. The topological polar surface area (TPSA) is 78.8 Å². The zero-order valence-corrected chi connectivity index (χ0v) is 14.3. The predicted octanol–water partition coefficient (Wildman–Crippen LogP) is 0.430. The number of carbonyl (C=O) groups is 1. The van der Waals surface area contributed by atoms with Crippen LogP contribution in [0.15, 0.2) is 12.4 Å². The van der Waals surface area contributed by atoms with Gasteiger partial charge in [-0.1, -0.05) is 0 Å². The van der Waals surface area contributed by atoms with Gasteiger partial charge in [-0.15, -0.1) is 0 Å². The quantitative estimate of drug-likeness (QED) is 0.813. The van der Waals surface area contributed by atoms with E-state index < -0.39 is 0 Å². The van der Waals surface area contributed by atoms with E-state index in [1.165, 1.54) is 0 Å². The maximum absolute atomic E-state index is 12.8. The Morgan fingerprint density at radius 1 is 1.29 bits per heavy atom. The molecule has 0 radical (unpaired) electrons. The van der Waals surface area contributed by atoms with Gasteiger partial charge in [-0.3, -0.25) is 9.69 Å². The van der Waals surface area contributed by atoms with Crippen molar-refractivity contribution in [2.75, 3.05) is 39.9 Å². The molecule has 1 aromatic heterocycles. The molecule has 7 nitrogen and oxygen atoms in total. The molecule has 132 valence electrons. The number of hydrogen-bond donors (Lipinski definition) is 1. The highest BCUT2D eigenvalue weighted by Gasteiger charge is 2.47. The minimum absolute atomic E-state index is 0.0384. The fourth-order valence-corrected chi connectivity index (χ4v) is 3.88. The summed E-state index contributed by atoms with van der Waals surface area (Å²) in [6.45, 7) is 4.15. The number of ether oxygens (including phenoxy) is 1. The van der Waals surface area contributed by atoms with Gasteiger partial charge < -0.3 is 14.7 Å². The highest BCUT2D eigenvalue weighted by molar-refractivity contribution is 5.84. The van der Waals surface area contributed by atoms with Gasteiger partial charge in [-0.25, -0.2) is 9.97 Å². The average Bonchev–Trinajstić information content (AvgIpc) is 2.98. The first-order valence-corrected chi connectivity index (χ1v) is 8.58. The molecule has 1 spiro atoms. The van der Waals surface area contributed by atoms with Crippen molar-refractivity contribution in [3.63, 3.8) is 0 Å². The molecule has 0 aliphatic carbocycles. The Morgan fingerprint density at radius 2 is 2.08 bits per heavy atom. The third-order valence-electron chi connectivity index (χ3n) is 5.07. The van der Waals surface area contributed by atoms with Crippen LogP contribution in [0, 0.1) is 5.41 Å². The lowest BCUT2D eigenvalue weighted by molar-refractivity contribution is -0.146. The maximum Gasteiger partial charge on any atom is 0.230 e. The number of carbonyl (C=O) groups excluding carboxylic acids is 1. The van der Waals surface area contributed by atoms with E-state index in [1.54, 1.807) is 7.11 Å². The Morgan fingerprint density at radius 3 is 2.79 bits per heavy atom. The number of aromatic nitrogens is 2. The Kier molecular flexibility index (Phi) is 5.43. The summed E-state index contributed by atoms with van der Waals surface area (Å²) in [5.41, 5.74) is 0.798. The third-order valence-corrected chi connectivity index (χ3v) is 5.07. The summed E-state index contributed by atoms with van der Waals surface area (Å²) in [7, 11) is 1.63. The number of aliphatic hydroxyl groups excluding tert-OH is 1. The van der Waals surface area contributed by atoms with Crippen molar-refractivity contribution in [1.82, 2.24) is 19.8 Å². The first-order valence-electron chi connectivity index (χ1n) is 8.58. The zero-order chi connectivity index (χ0) is 17.0. The predicted molar refractivity (Wildman–Crippen MR) is 88.0 cm³/mol. The number of piperidine rings is 1. The second-order valence-electron chi connectivity index (χ2n) is 6.80. The minimum atomic E-state index is -0.260. The Bertz CT molecular complexity index is 563. The maximum atomic E-state index is 12.8.